The molecule has 0 saturated carbocycles. The maximum absolute atomic E-state index is 14.4. The summed E-state index contributed by atoms with van der Waals surface area (Å²) in [6.07, 6.45) is -2.63. The van der Waals surface area contributed by atoms with Gasteiger partial charge in [0.25, 0.3) is 11.9 Å². The summed E-state index contributed by atoms with van der Waals surface area (Å²) in [5.41, 5.74) is 5.96. The fourth-order valence-electron chi connectivity index (χ4n) is 2.69. The van der Waals surface area contributed by atoms with Crippen LogP contribution in [0, 0.1) is 17.1 Å². The highest BCUT2D eigenvalue weighted by molar-refractivity contribution is 6.02. The number of hydrogen-bond acceptors (Lipinski definition) is 7. The van der Waals surface area contributed by atoms with Gasteiger partial charge in [0.1, 0.15) is 24.2 Å². The van der Waals surface area contributed by atoms with E-state index >= 15 is 0 Å². The smallest absolute Gasteiger partial charge is 0.411 e. The van der Waals surface area contributed by atoms with Gasteiger partial charge in [-0.15, -0.1) is 0 Å². The number of nitrogens with zero attached hydrogens (tertiary/aromatic N) is 3. The molecule has 0 radical (unpaired) electrons. The average Bonchev–Trinajstić information content (AvgIpc) is 2.75. The molecular formula is C20H19F4N5O3. The fourth-order valence-corrected chi connectivity index (χ4v) is 2.69. The molecule has 0 saturated heterocycles. The number of ether oxygens (including phenoxy) is 1. The third-order valence-corrected chi connectivity index (χ3v) is 4.30. The topological polar surface area (TPSA) is 134 Å². The van der Waals surface area contributed by atoms with Gasteiger partial charge in [0.15, 0.2) is 0 Å². The predicted octanol–water partition coefficient (Wildman–Crippen LogP) is 2.84. The van der Waals surface area contributed by atoms with Crippen LogP contribution < -0.4 is 11.1 Å². The first kappa shape index (κ1) is 24.5. The van der Waals surface area contributed by atoms with E-state index in [0.717, 1.165) is 0 Å². The SMILES string of the molecule is C[C@@]1(c2cc(NC(=O)c3ccc(C#N)cn3)ccc2F)CCOC(N)=N1.OCC(F)(F)F. The second kappa shape index (κ2) is 10.1. The van der Waals surface area contributed by atoms with Crippen LogP contribution in [-0.4, -0.2) is 41.4 Å². The summed E-state index contributed by atoms with van der Waals surface area (Å²) >= 11 is 0. The van der Waals surface area contributed by atoms with Gasteiger partial charge in [-0.2, -0.15) is 18.4 Å². The number of alkyl halides is 3. The molecule has 0 spiro atoms. The zero-order chi connectivity index (χ0) is 23.9. The number of anilines is 1. The third-order valence-electron chi connectivity index (χ3n) is 4.30. The van der Waals surface area contributed by atoms with Gasteiger partial charge in [-0.1, -0.05) is 0 Å². The number of nitriles is 1. The average molecular weight is 453 g/mol. The summed E-state index contributed by atoms with van der Waals surface area (Å²) in [4.78, 5) is 20.5. The van der Waals surface area contributed by atoms with Crippen molar-refractivity contribution in [2.75, 3.05) is 18.5 Å². The molecule has 0 unspecified atom stereocenters. The second-order valence-electron chi connectivity index (χ2n) is 6.79. The number of carbonyl (C=O) groups excluding carboxylic acids is 1. The van der Waals surface area contributed by atoms with E-state index in [1.807, 2.05) is 6.07 Å². The van der Waals surface area contributed by atoms with Gasteiger partial charge < -0.3 is 20.9 Å². The Hall–Kier alpha value is -3.72. The maximum Gasteiger partial charge on any atom is 0.411 e. The van der Waals surface area contributed by atoms with E-state index in [0.29, 0.717) is 29.8 Å². The molecule has 3 rings (SSSR count). The van der Waals surface area contributed by atoms with Crippen LogP contribution in [0.1, 0.15) is 35.0 Å². The highest BCUT2D eigenvalue weighted by atomic mass is 19.4. The number of aliphatic hydroxyl groups is 1. The fraction of sp³-hybridized carbons (Fsp3) is 0.300. The molecule has 4 N–H and O–H groups in total. The van der Waals surface area contributed by atoms with Crippen molar-refractivity contribution in [3.63, 3.8) is 0 Å². The number of aliphatic imine (C=N–C) groups is 1. The van der Waals surface area contributed by atoms with Crippen LogP contribution >= 0.6 is 0 Å². The lowest BCUT2D eigenvalue weighted by Gasteiger charge is -2.30. The molecule has 0 fully saturated rings. The number of nitrogens with two attached hydrogens (primary N) is 1. The Bertz CT molecular complexity index is 1040. The molecule has 12 heteroatoms. The van der Waals surface area contributed by atoms with Gasteiger partial charge in [-0.3, -0.25) is 4.79 Å². The minimum Gasteiger partial charge on any atom is -0.465 e. The summed E-state index contributed by atoms with van der Waals surface area (Å²) < 4.78 is 51.1. The van der Waals surface area contributed by atoms with Gasteiger partial charge in [0, 0.05) is 23.9 Å². The monoisotopic (exact) mass is 453 g/mol. The minimum atomic E-state index is -4.40. The number of aliphatic hydroxyl groups excluding tert-OH is 1. The number of amides is 1. The third kappa shape index (κ3) is 6.64. The van der Waals surface area contributed by atoms with E-state index in [2.05, 4.69) is 15.3 Å². The zero-order valence-electron chi connectivity index (χ0n) is 16.8. The Morgan fingerprint density at radius 3 is 2.59 bits per heavy atom. The number of pyridine rings is 1. The van der Waals surface area contributed by atoms with Crippen molar-refractivity contribution in [3.05, 3.63) is 59.2 Å². The highest BCUT2D eigenvalue weighted by Gasteiger charge is 2.33. The van der Waals surface area contributed by atoms with Crippen LogP contribution in [0.5, 0.6) is 0 Å². The summed E-state index contributed by atoms with van der Waals surface area (Å²) in [5, 5.41) is 18.7. The van der Waals surface area contributed by atoms with Crippen molar-refractivity contribution in [3.8, 4) is 6.07 Å². The summed E-state index contributed by atoms with van der Waals surface area (Å²) in [6.45, 7) is 0.360. The molecule has 8 nitrogen and oxygen atoms in total. The van der Waals surface area contributed by atoms with Gasteiger partial charge in [-0.25, -0.2) is 14.4 Å². The van der Waals surface area contributed by atoms with Crippen LogP contribution in [0.2, 0.25) is 0 Å². The number of carbonyl (C=O) groups is 1. The molecule has 0 bridgehead atoms. The quantitative estimate of drug-likeness (QED) is 0.612. The van der Waals surface area contributed by atoms with Crippen LogP contribution in [0.25, 0.3) is 0 Å². The van der Waals surface area contributed by atoms with E-state index in [9.17, 15) is 22.4 Å². The largest absolute Gasteiger partial charge is 0.465 e. The van der Waals surface area contributed by atoms with Crippen LogP contribution in [-0.2, 0) is 10.3 Å². The zero-order valence-corrected chi connectivity index (χ0v) is 16.8. The Labute approximate surface area is 180 Å². The molecule has 1 amide bonds. The van der Waals surface area contributed by atoms with Crippen LogP contribution in [0.4, 0.5) is 23.2 Å². The second-order valence-corrected chi connectivity index (χ2v) is 6.79. The number of benzene rings is 1. The lowest BCUT2D eigenvalue weighted by molar-refractivity contribution is -0.159. The number of hydrogen-bond donors (Lipinski definition) is 3. The normalized spacial score (nSPS) is 17.7. The molecule has 2 aromatic rings. The van der Waals surface area contributed by atoms with Crippen LogP contribution in [0.15, 0.2) is 41.5 Å². The van der Waals surface area contributed by atoms with Crippen molar-refractivity contribution in [2.24, 2.45) is 10.7 Å². The molecular weight excluding hydrogens is 434 g/mol. The molecule has 2 heterocycles. The summed E-state index contributed by atoms with van der Waals surface area (Å²) in [6, 6.07) is 9.14. The van der Waals surface area contributed by atoms with Gasteiger partial charge in [-0.05, 0) is 37.3 Å². The number of rotatable bonds is 3. The lowest BCUT2D eigenvalue weighted by Crippen LogP contribution is -2.34. The van der Waals surface area contributed by atoms with Crippen molar-refractivity contribution in [1.82, 2.24) is 4.98 Å². The first-order chi connectivity index (χ1) is 15.0. The molecule has 1 aliphatic rings. The molecule has 1 atom stereocenters. The van der Waals surface area contributed by atoms with Gasteiger partial charge >= 0.3 is 6.18 Å². The predicted molar refractivity (Wildman–Crippen MR) is 106 cm³/mol. The number of halogens is 4. The molecule has 1 aromatic carbocycles. The van der Waals surface area contributed by atoms with Gasteiger partial charge in [0.2, 0.25) is 0 Å². The minimum absolute atomic E-state index is 0.00868. The van der Waals surface area contributed by atoms with Crippen molar-refractivity contribution in [2.45, 2.75) is 25.1 Å². The Morgan fingerprint density at radius 1 is 1.38 bits per heavy atom. The van der Waals surface area contributed by atoms with Crippen LogP contribution in [0.3, 0.4) is 0 Å². The van der Waals surface area contributed by atoms with E-state index < -0.39 is 30.0 Å². The van der Waals surface area contributed by atoms with E-state index in [4.69, 9.17) is 20.8 Å². The Balaban J connectivity index is 0.000000534. The molecule has 170 valence electrons. The van der Waals surface area contributed by atoms with Gasteiger partial charge in [0.05, 0.1) is 17.7 Å². The summed E-state index contributed by atoms with van der Waals surface area (Å²) in [5.74, 6) is -0.910. The number of aromatic nitrogens is 1. The first-order valence-corrected chi connectivity index (χ1v) is 9.10. The highest BCUT2D eigenvalue weighted by Crippen LogP contribution is 2.35. The summed E-state index contributed by atoms with van der Waals surface area (Å²) in [7, 11) is 0. The molecule has 32 heavy (non-hydrogen) atoms. The molecule has 0 aliphatic carbocycles. The number of nitrogens with one attached hydrogen (secondary N) is 1. The maximum atomic E-state index is 14.4. The molecule has 1 aromatic heterocycles. The van der Waals surface area contributed by atoms with Crippen molar-refractivity contribution >= 4 is 17.6 Å². The lowest BCUT2D eigenvalue weighted by atomic mass is 9.88. The van der Waals surface area contributed by atoms with E-state index in [1.165, 1.54) is 36.5 Å². The van der Waals surface area contributed by atoms with Crippen molar-refractivity contribution < 1.29 is 32.2 Å². The standard InChI is InChI=1S/C18H16FN5O2.C2H3F3O/c1-18(6-7-26-17(21)24-18)13-8-12(3-4-14(13)19)23-16(25)15-5-2-11(9-20)10-22-15;3-2(4,5)1-6/h2-5,8,10H,6-7H2,1H3,(H2,21,24)(H,23,25);6H,1H2/t18-;/m0./s1. The van der Waals surface area contributed by atoms with E-state index in [1.54, 1.807) is 6.92 Å². The van der Waals surface area contributed by atoms with E-state index in [-0.39, 0.29) is 11.7 Å². The Kier molecular flexibility index (Phi) is 7.72. The number of amidine groups is 1. The van der Waals surface area contributed by atoms with Crippen molar-refractivity contribution in [1.29, 1.82) is 5.26 Å². The molecule has 1 aliphatic heterocycles. The Morgan fingerprint density at radius 2 is 2.06 bits per heavy atom. The first-order valence-electron chi connectivity index (χ1n) is 9.10.